The van der Waals surface area contributed by atoms with Gasteiger partial charge in [0.1, 0.15) is 0 Å². The van der Waals surface area contributed by atoms with Gasteiger partial charge in [0.15, 0.2) is 9.76 Å². The van der Waals surface area contributed by atoms with Gasteiger partial charge in [-0.1, -0.05) is 6.08 Å². The van der Waals surface area contributed by atoms with E-state index in [4.69, 9.17) is 9.16 Å². The summed E-state index contributed by atoms with van der Waals surface area (Å²) in [7, 11) is 1.42. The molecule has 0 aromatic rings. The number of methoxy groups -OCH3 is 1. The second-order valence-corrected chi connectivity index (χ2v) is 3.43. The summed E-state index contributed by atoms with van der Waals surface area (Å²) in [5.74, 6) is 0. The molecule has 0 saturated carbocycles. The molecule has 0 rings (SSSR count). The fourth-order valence-corrected chi connectivity index (χ4v) is 1.32. The van der Waals surface area contributed by atoms with Gasteiger partial charge in [-0.3, -0.25) is 0 Å². The third kappa shape index (κ3) is 7.88. The van der Waals surface area contributed by atoms with E-state index >= 15 is 0 Å². The lowest BCUT2D eigenvalue weighted by Crippen LogP contribution is -2.01. The molecule has 10 heavy (non-hydrogen) atoms. The zero-order valence-corrected chi connectivity index (χ0v) is 8.05. The van der Waals surface area contributed by atoms with E-state index in [9.17, 15) is 0 Å². The molecule has 0 bridgehead atoms. The summed E-state index contributed by atoms with van der Waals surface area (Å²) in [4.78, 5) is 0. The molecule has 0 heterocycles. The van der Waals surface area contributed by atoms with Crippen LogP contribution in [-0.2, 0) is 9.16 Å². The van der Waals surface area contributed by atoms with Crippen LogP contribution in [0.5, 0.6) is 0 Å². The Hall–Kier alpha value is -0.123. The molecule has 0 saturated heterocycles. The highest BCUT2D eigenvalue weighted by Crippen LogP contribution is 1.85. The molecule has 2 nitrogen and oxygen atoms in total. The molecule has 0 atom stereocenters. The Morgan fingerprint density at radius 2 is 2.30 bits per heavy atom. The minimum atomic E-state index is -0.290. The molecule has 0 fully saturated rings. The van der Waals surface area contributed by atoms with E-state index in [1.165, 1.54) is 0 Å². The van der Waals surface area contributed by atoms with Crippen molar-refractivity contribution in [3.63, 3.8) is 0 Å². The van der Waals surface area contributed by atoms with Crippen molar-refractivity contribution in [3.8, 4) is 0 Å². The number of hydrogen-bond donors (Lipinski definition) is 0. The molecule has 3 heteroatoms. The minimum Gasteiger partial charge on any atom is -0.424 e. The standard InChI is InChI=1S/C7H16O2Si/c1-3-7-10-9-6-4-5-8-2/h3H,1,4-7,10H2,2H3. The fourth-order valence-electron chi connectivity index (χ4n) is 0.574. The Labute approximate surface area is 65.2 Å². The van der Waals surface area contributed by atoms with Crippen molar-refractivity contribution in [3.05, 3.63) is 12.7 Å². The Balaban J connectivity index is 2.70. The van der Waals surface area contributed by atoms with Gasteiger partial charge in [0.25, 0.3) is 0 Å². The molecule has 0 N–H and O–H groups in total. The molecule has 0 aliphatic rings. The highest BCUT2D eigenvalue weighted by Gasteiger charge is 1.86. The van der Waals surface area contributed by atoms with E-state index < -0.39 is 0 Å². The van der Waals surface area contributed by atoms with Crippen LogP contribution < -0.4 is 0 Å². The van der Waals surface area contributed by atoms with Crippen molar-refractivity contribution in [1.82, 2.24) is 0 Å². The highest BCUT2D eigenvalue weighted by atomic mass is 28.2. The lowest BCUT2D eigenvalue weighted by molar-refractivity contribution is 0.174. The summed E-state index contributed by atoms with van der Waals surface area (Å²) in [6.45, 7) is 5.29. The van der Waals surface area contributed by atoms with E-state index in [1.54, 1.807) is 7.11 Å². The molecule has 0 spiro atoms. The number of allylic oxidation sites excluding steroid dienone is 1. The second kappa shape index (κ2) is 8.88. The average Bonchev–Trinajstić information content (AvgIpc) is 1.97. The van der Waals surface area contributed by atoms with Gasteiger partial charge >= 0.3 is 0 Å². The zero-order chi connectivity index (χ0) is 7.66. The summed E-state index contributed by atoms with van der Waals surface area (Å²) < 4.78 is 10.2. The number of ether oxygens (including phenoxy) is 1. The molecular formula is C7H16O2Si. The summed E-state index contributed by atoms with van der Waals surface area (Å²) in [6.07, 6.45) is 2.93. The van der Waals surface area contributed by atoms with Crippen LogP contribution in [0, 0.1) is 0 Å². The fraction of sp³-hybridized carbons (Fsp3) is 0.714. The van der Waals surface area contributed by atoms with Crippen LogP contribution >= 0.6 is 0 Å². The van der Waals surface area contributed by atoms with Crippen molar-refractivity contribution in [2.45, 2.75) is 12.5 Å². The maximum atomic E-state index is 5.36. The van der Waals surface area contributed by atoms with Gasteiger partial charge in [-0.2, -0.15) is 0 Å². The molecule has 0 amide bonds. The first-order chi connectivity index (χ1) is 4.91. The Morgan fingerprint density at radius 1 is 1.50 bits per heavy atom. The van der Waals surface area contributed by atoms with Crippen molar-refractivity contribution >= 4 is 9.76 Å². The van der Waals surface area contributed by atoms with Crippen molar-refractivity contribution in [1.29, 1.82) is 0 Å². The SMILES string of the molecule is C=CC[SiH2]OCCCOC. The maximum absolute atomic E-state index is 5.36. The molecular weight excluding hydrogens is 144 g/mol. The normalized spacial score (nSPS) is 10.9. The summed E-state index contributed by atoms with van der Waals surface area (Å²) in [5.41, 5.74) is 0. The van der Waals surface area contributed by atoms with Gasteiger partial charge in [0, 0.05) is 20.3 Å². The molecule has 0 aromatic carbocycles. The summed E-state index contributed by atoms with van der Waals surface area (Å²) in [5, 5.41) is 0. The lowest BCUT2D eigenvalue weighted by atomic mass is 10.5. The first kappa shape index (κ1) is 9.88. The van der Waals surface area contributed by atoms with Crippen LogP contribution in [0.2, 0.25) is 6.04 Å². The van der Waals surface area contributed by atoms with Gasteiger partial charge in [0.2, 0.25) is 0 Å². The van der Waals surface area contributed by atoms with Crippen LogP contribution in [0.3, 0.4) is 0 Å². The lowest BCUT2D eigenvalue weighted by Gasteiger charge is -2.00. The predicted molar refractivity (Wildman–Crippen MR) is 46.0 cm³/mol. The van der Waals surface area contributed by atoms with Gasteiger partial charge in [-0.25, -0.2) is 0 Å². The maximum Gasteiger partial charge on any atom is 0.165 e. The number of hydrogen-bond acceptors (Lipinski definition) is 2. The Morgan fingerprint density at radius 3 is 2.90 bits per heavy atom. The van der Waals surface area contributed by atoms with Gasteiger partial charge in [-0.15, -0.1) is 6.58 Å². The smallest absolute Gasteiger partial charge is 0.165 e. The van der Waals surface area contributed by atoms with Gasteiger partial charge in [-0.05, 0) is 12.5 Å². The molecule has 0 radical (unpaired) electrons. The second-order valence-electron chi connectivity index (χ2n) is 2.04. The van der Waals surface area contributed by atoms with Crippen LogP contribution in [-0.4, -0.2) is 30.1 Å². The number of rotatable bonds is 7. The van der Waals surface area contributed by atoms with E-state index in [0.29, 0.717) is 0 Å². The predicted octanol–water partition coefficient (Wildman–Crippen LogP) is 0.728. The van der Waals surface area contributed by atoms with E-state index in [-0.39, 0.29) is 9.76 Å². The largest absolute Gasteiger partial charge is 0.424 e. The monoisotopic (exact) mass is 160 g/mol. The first-order valence-electron chi connectivity index (χ1n) is 3.59. The minimum absolute atomic E-state index is 0.290. The van der Waals surface area contributed by atoms with E-state index in [0.717, 1.165) is 25.7 Å². The Kier molecular flexibility index (Phi) is 8.77. The zero-order valence-electron chi connectivity index (χ0n) is 6.64. The van der Waals surface area contributed by atoms with Crippen molar-refractivity contribution in [2.24, 2.45) is 0 Å². The first-order valence-corrected chi connectivity index (χ1v) is 5.17. The van der Waals surface area contributed by atoms with Gasteiger partial charge < -0.3 is 9.16 Å². The Bertz CT molecular complexity index is 76.0. The quantitative estimate of drug-likeness (QED) is 0.310. The van der Waals surface area contributed by atoms with Crippen LogP contribution in [0.1, 0.15) is 6.42 Å². The van der Waals surface area contributed by atoms with E-state index in [1.807, 2.05) is 6.08 Å². The summed E-state index contributed by atoms with van der Waals surface area (Å²) in [6, 6.07) is 1.08. The third-order valence-corrected chi connectivity index (χ3v) is 2.32. The molecule has 0 aliphatic heterocycles. The van der Waals surface area contributed by atoms with Crippen molar-refractivity contribution in [2.75, 3.05) is 20.3 Å². The van der Waals surface area contributed by atoms with Crippen LogP contribution in [0.15, 0.2) is 12.7 Å². The highest BCUT2D eigenvalue weighted by molar-refractivity contribution is 6.27. The van der Waals surface area contributed by atoms with Crippen molar-refractivity contribution < 1.29 is 9.16 Å². The third-order valence-electron chi connectivity index (χ3n) is 1.10. The summed E-state index contributed by atoms with van der Waals surface area (Å²) >= 11 is 0. The molecule has 0 unspecified atom stereocenters. The van der Waals surface area contributed by atoms with Gasteiger partial charge in [0.05, 0.1) is 0 Å². The molecule has 60 valence electrons. The topological polar surface area (TPSA) is 18.5 Å². The molecule has 0 aromatic heterocycles. The van der Waals surface area contributed by atoms with E-state index in [2.05, 4.69) is 6.58 Å². The van der Waals surface area contributed by atoms with Crippen LogP contribution in [0.4, 0.5) is 0 Å². The molecule has 0 aliphatic carbocycles. The van der Waals surface area contributed by atoms with Crippen LogP contribution in [0.25, 0.3) is 0 Å². The average molecular weight is 160 g/mol.